The van der Waals surface area contributed by atoms with E-state index in [2.05, 4.69) is 17.7 Å². The molecule has 0 amide bonds. The van der Waals surface area contributed by atoms with Crippen LogP contribution in [0.1, 0.15) is 12.5 Å². The van der Waals surface area contributed by atoms with Crippen molar-refractivity contribution in [1.82, 2.24) is 4.57 Å². The van der Waals surface area contributed by atoms with Gasteiger partial charge in [0.2, 0.25) is 0 Å². The molecule has 0 unspecified atom stereocenters. The molecule has 0 aliphatic rings. The quantitative estimate of drug-likeness (QED) is 0.764. The van der Waals surface area contributed by atoms with Crippen molar-refractivity contribution in [2.75, 3.05) is 0 Å². The van der Waals surface area contributed by atoms with Gasteiger partial charge in [0.15, 0.2) is 11.5 Å². The number of rotatable bonds is 4. The summed E-state index contributed by atoms with van der Waals surface area (Å²) in [4.78, 5) is 0. The summed E-state index contributed by atoms with van der Waals surface area (Å²) in [6.07, 6.45) is 2.05. The maximum absolute atomic E-state index is 9.75. The molecule has 0 fully saturated rings. The summed E-state index contributed by atoms with van der Waals surface area (Å²) >= 11 is 6.33. The lowest BCUT2D eigenvalue weighted by atomic mass is 10.2. The molecular weight excluding hydrogens is 286 g/mol. The van der Waals surface area contributed by atoms with Crippen molar-refractivity contribution in [3.63, 3.8) is 0 Å². The van der Waals surface area contributed by atoms with Crippen molar-refractivity contribution in [2.45, 2.75) is 20.1 Å². The third-order valence-corrected chi connectivity index (χ3v) is 3.84. The molecule has 4 heteroatoms. The molecule has 1 heterocycles. The number of hydrogen-bond donors (Lipinski definition) is 1. The Morgan fingerprint density at radius 3 is 2.71 bits per heavy atom. The number of aromatic nitrogens is 1. The fourth-order valence-corrected chi connectivity index (χ4v) is 2.79. The van der Waals surface area contributed by atoms with E-state index in [1.165, 1.54) is 0 Å². The number of aromatic hydroxyl groups is 1. The number of fused-ring (bicyclic) bond motifs is 1. The van der Waals surface area contributed by atoms with Crippen LogP contribution in [0, 0.1) is 0 Å². The maximum Gasteiger partial charge on any atom is 0.161 e. The second-order valence-electron chi connectivity index (χ2n) is 4.83. The highest BCUT2D eigenvalue weighted by atomic mass is 35.5. The Hall–Kier alpha value is -2.13. The number of aryl methyl sites for hydroxylation is 1. The Balaban J connectivity index is 1.96. The highest BCUT2D eigenvalue weighted by molar-refractivity contribution is 6.35. The van der Waals surface area contributed by atoms with Gasteiger partial charge in [-0.15, -0.1) is 0 Å². The standard InChI is InChI=1S/C17H16ClNO2/c1-2-19-10-12(17-13(18)6-5-7-14(17)19)11-21-16-9-4-3-8-15(16)20/h3-10,20H,2,11H2,1H3. The van der Waals surface area contributed by atoms with Gasteiger partial charge in [-0.25, -0.2) is 0 Å². The van der Waals surface area contributed by atoms with Crippen LogP contribution in [0.2, 0.25) is 5.02 Å². The summed E-state index contributed by atoms with van der Waals surface area (Å²) in [7, 11) is 0. The number of benzene rings is 2. The SMILES string of the molecule is CCn1cc(COc2ccccc2O)c2c(Cl)cccc21. The van der Waals surface area contributed by atoms with Crippen LogP contribution < -0.4 is 4.74 Å². The second-order valence-corrected chi connectivity index (χ2v) is 5.24. The Labute approximate surface area is 128 Å². The van der Waals surface area contributed by atoms with E-state index in [1.54, 1.807) is 18.2 Å². The van der Waals surface area contributed by atoms with Crippen molar-refractivity contribution < 1.29 is 9.84 Å². The fourth-order valence-electron chi connectivity index (χ4n) is 2.50. The van der Waals surface area contributed by atoms with Gasteiger partial charge in [-0.2, -0.15) is 0 Å². The van der Waals surface area contributed by atoms with Gasteiger partial charge in [0.25, 0.3) is 0 Å². The third-order valence-electron chi connectivity index (χ3n) is 3.52. The molecule has 1 aromatic heterocycles. The van der Waals surface area contributed by atoms with Crippen molar-refractivity contribution in [3.05, 3.63) is 59.2 Å². The van der Waals surface area contributed by atoms with Crippen LogP contribution >= 0.6 is 11.6 Å². The molecule has 0 saturated heterocycles. The maximum atomic E-state index is 9.75. The number of ether oxygens (including phenoxy) is 1. The molecule has 3 aromatic rings. The first-order valence-corrected chi connectivity index (χ1v) is 7.25. The van der Waals surface area contributed by atoms with Crippen molar-refractivity contribution in [2.24, 2.45) is 0 Å². The van der Waals surface area contributed by atoms with Crippen LogP contribution in [-0.2, 0) is 13.2 Å². The van der Waals surface area contributed by atoms with Gasteiger partial charge in [-0.05, 0) is 31.2 Å². The topological polar surface area (TPSA) is 34.4 Å². The molecular formula is C17H16ClNO2. The molecule has 3 rings (SSSR count). The van der Waals surface area contributed by atoms with Gasteiger partial charge >= 0.3 is 0 Å². The molecule has 0 atom stereocenters. The van der Waals surface area contributed by atoms with E-state index in [4.69, 9.17) is 16.3 Å². The molecule has 108 valence electrons. The molecule has 1 N–H and O–H groups in total. The number of nitrogens with zero attached hydrogens (tertiary/aromatic N) is 1. The Bertz CT molecular complexity index is 780. The first-order valence-electron chi connectivity index (χ1n) is 6.87. The average molecular weight is 302 g/mol. The molecule has 0 aliphatic carbocycles. The Kier molecular flexibility index (Phi) is 3.76. The van der Waals surface area contributed by atoms with Crippen molar-refractivity contribution in [1.29, 1.82) is 0 Å². The van der Waals surface area contributed by atoms with Crippen LogP contribution in [-0.4, -0.2) is 9.67 Å². The van der Waals surface area contributed by atoms with E-state index < -0.39 is 0 Å². The average Bonchev–Trinajstić information content (AvgIpc) is 2.86. The monoisotopic (exact) mass is 301 g/mol. The van der Waals surface area contributed by atoms with Crippen LogP contribution in [0.25, 0.3) is 10.9 Å². The van der Waals surface area contributed by atoms with E-state index in [-0.39, 0.29) is 5.75 Å². The van der Waals surface area contributed by atoms with E-state index in [1.807, 2.05) is 24.3 Å². The fraction of sp³-hybridized carbons (Fsp3) is 0.176. The second kappa shape index (κ2) is 5.70. The van der Waals surface area contributed by atoms with Gasteiger partial charge in [-0.1, -0.05) is 29.8 Å². The molecule has 21 heavy (non-hydrogen) atoms. The lowest BCUT2D eigenvalue weighted by molar-refractivity contribution is 0.290. The molecule has 0 radical (unpaired) electrons. The summed E-state index contributed by atoms with van der Waals surface area (Å²) in [5.41, 5.74) is 2.11. The number of para-hydroxylation sites is 2. The van der Waals surface area contributed by atoms with Crippen LogP contribution in [0.4, 0.5) is 0 Å². The summed E-state index contributed by atoms with van der Waals surface area (Å²) < 4.78 is 7.87. The Morgan fingerprint density at radius 1 is 1.14 bits per heavy atom. The molecule has 0 saturated carbocycles. The van der Waals surface area contributed by atoms with Crippen LogP contribution in [0.15, 0.2) is 48.7 Å². The zero-order valence-corrected chi connectivity index (χ0v) is 12.5. The molecule has 3 nitrogen and oxygen atoms in total. The van der Waals surface area contributed by atoms with E-state index in [0.717, 1.165) is 28.0 Å². The van der Waals surface area contributed by atoms with Crippen LogP contribution in [0.3, 0.4) is 0 Å². The minimum Gasteiger partial charge on any atom is -0.504 e. The molecule has 0 bridgehead atoms. The van der Waals surface area contributed by atoms with Gasteiger partial charge in [0.1, 0.15) is 6.61 Å². The zero-order valence-electron chi connectivity index (χ0n) is 11.7. The molecule has 2 aromatic carbocycles. The van der Waals surface area contributed by atoms with Gasteiger partial charge in [-0.3, -0.25) is 0 Å². The summed E-state index contributed by atoms with van der Waals surface area (Å²) in [5.74, 6) is 0.616. The predicted molar refractivity (Wildman–Crippen MR) is 85.1 cm³/mol. The number of phenolic OH excluding ortho intramolecular Hbond substituents is 1. The van der Waals surface area contributed by atoms with Gasteiger partial charge in [0, 0.05) is 29.2 Å². The predicted octanol–water partition coefficient (Wildman–Crippen LogP) is 4.60. The number of halogens is 1. The van der Waals surface area contributed by atoms with E-state index >= 15 is 0 Å². The largest absolute Gasteiger partial charge is 0.504 e. The number of phenols is 1. The lowest BCUT2D eigenvalue weighted by Crippen LogP contribution is -1.95. The normalized spacial score (nSPS) is 11.0. The van der Waals surface area contributed by atoms with Crippen LogP contribution in [0.5, 0.6) is 11.5 Å². The third kappa shape index (κ3) is 2.57. The number of hydrogen-bond acceptors (Lipinski definition) is 2. The smallest absolute Gasteiger partial charge is 0.161 e. The zero-order chi connectivity index (χ0) is 14.8. The van der Waals surface area contributed by atoms with Crippen molar-refractivity contribution >= 4 is 22.5 Å². The van der Waals surface area contributed by atoms with E-state index in [9.17, 15) is 5.11 Å². The van der Waals surface area contributed by atoms with E-state index in [0.29, 0.717) is 12.4 Å². The first kappa shape index (κ1) is 13.8. The van der Waals surface area contributed by atoms with Gasteiger partial charge in [0.05, 0.1) is 5.02 Å². The molecule has 0 aliphatic heterocycles. The summed E-state index contributed by atoms with van der Waals surface area (Å²) in [6.45, 7) is 3.33. The highest BCUT2D eigenvalue weighted by Gasteiger charge is 2.12. The summed E-state index contributed by atoms with van der Waals surface area (Å²) in [5, 5.41) is 11.5. The first-order chi connectivity index (χ1) is 10.2. The molecule has 0 spiro atoms. The Morgan fingerprint density at radius 2 is 1.95 bits per heavy atom. The van der Waals surface area contributed by atoms with Crippen molar-refractivity contribution in [3.8, 4) is 11.5 Å². The highest BCUT2D eigenvalue weighted by Crippen LogP contribution is 2.31. The lowest BCUT2D eigenvalue weighted by Gasteiger charge is -2.07. The minimum atomic E-state index is 0.142. The summed E-state index contributed by atoms with van der Waals surface area (Å²) in [6, 6.07) is 12.8. The minimum absolute atomic E-state index is 0.142. The van der Waals surface area contributed by atoms with Gasteiger partial charge < -0.3 is 14.4 Å².